The zero-order valence-electron chi connectivity index (χ0n) is 23.1. The number of aliphatic hydroxyl groups is 1. The Hall–Kier alpha value is -2.90. The first-order chi connectivity index (χ1) is 18.0. The topological polar surface area (TPSA) is 86.2 Å². The van der Waals surface area contributed by atoms with E-state index in [0.717, 1.165) is 68.0 Å². The minimum absolute atomic E-state index is 0.102. The smallest absolute Gasteiger partial charge is 0.229 e. The van der Waals surface area contributed by atoms with Crippen LogP contribution in [0.3, 0.4) is 0 Å². The van der Waals surface area contributed by atoms with Crippen molar-refractivity contribution >= 4 is 11.7 Å². The van der Waals surface area contributed by atoms with Gasteiger partial charge in [-0.05, 0) is 87.7 Å². The lowest BCUT2D eigenvalue weighted by Gasteiger charge is -2.30. The van der Waals surface area contributed by atoms with Crippen LogP contribution in [-0.2, 0) is 11.2 Å². The number of amidine groups is 1. The van der Waals surface area contributed by atoms with Crippen LogP contribution < -0.4 is 15.4 Å². The molecule has 204 valence electrons. The maximum atomic E-state index is 12.5. The number of carbonyl (C=O) groups excluding carboxylic acids is 1. The number of likely N-dealkylation sites (tertiary alicyclic amines) is 1. The molecule has 2 heterocycles. The molecule has 37 heavy (non-hydrogen) atoms. The van der Waals surface area contributed by atoms with Crippen molar-refractivity contribution in [1.29, 1.82) is 0 Å². The quantitative estimate of drug-likeness (QED) is 0.243. The number of allylic oxidation sites excluding steroid dienone is 2. The Bertz CT molecular complexity index is 944. The van der Waals surface area contributed by atoms with E-state index in [4.69, 9.17) is 4.74 Å². The van der Waals surface area contributed by atoms with Gasteiger partial charge in [0.25, 0.3) is 0 Å². The Morgan fingerprint density at radius 3 is 2.70 bits per heavy atom. The fourth-order valence-corrected chi connectivity index (χ4v) is 4.20. The second kappa shape index (κ2) is 17.5. The van der Waals surface area contributed by atoms with Gasteiger partial charge in [-0.15, -0.1) is 0 Å². The highest BCUT2D eigenvalue weighted by molar-refractivity contribution is 5.98. The number of piperidine rings is 1. The lowest BCUT2D eigenvalue weighted by Crippen LogP contribution is -2.35. The number of aliphatic imine (C=N–C) groups is 1. The lowest BCUT2D eigenvalue weighted by atomic mass is 9.98. The summed E-state index contributed by atoms with van der Waals surface area (Å²) in [6.45, 7) is 12.8. The van der Waals surface area contributed by atoms with E-state index in [1.165, 1.54) is 6.42 Å². The molecule has 0 saturated carbocycles. The van der Waals surface area contributed by atoms with E-state index in [0.29, 0.717) is 25.0 Å². The standard InChI is InChI=1S/C27H38N4O3.C3H8/c1-3-26(24-8-12-28-13-9-24)29-21(2)30-27(33)19-23-6-4-7-25(18-23)34-17-5-14-31-15-10-22(20-32)11-16-31;1-3-2/h3-4,6-9,12,18,22,28,32H,5,10-11,13-17,19-20H2,1-2H3,(H,29,30,33);3H2,1-2H3/b26-3-;. The molecule has 0 spiro atoms. The zero-order chi connectivity index (χ0) is 26.9. The largest absolute Gasteiger partial charge is 0.494 e. The molecular formula is C30H46N4O3. The van der Waals surface area contributed by atoms with Crippen LogP contribution in [-0.4, -0.2) is 61.1 Å². The number of ether oxygens (including phenoxy) is 1. The van der Waals surface area contributed by atoms with Gasteiger partial charge in [-0.1, -0.05) is 44.6 Å². The minimum Gasteiger partial charge on any atom is -0.494 e. The molecular weight excluding hydrogens is 464 g/mol. The third-order valence-electron chi connectivity index (χ3n) is 6.11. The molecule has 1 fully saturated rings. The van der Waals surface area contributed by atoms with Gasteiger partial charge in [0, 0.05) is 19.7 Å². The Labute approximate surface area is 223 Å². The predicted octanol–water partition coefficient (Wildman–Crippen LogP) is 4.60. The van der Waals surface area contributed by atoms with Gasteiger partial charge in [-0.25, -0.2) is 4.99 Å². The van der Waals surface area contributed by atoms with Crippen LogP contribution in [0.4, 0.5) is 0 Å². The SMILES string of the molecule is C/C=C(\N=C(C)NC(=O)Cc1cccc(OCCCN2CCC(CO)CC2)c1)C1=CCNC=C1.CCC. The van der Waals surface area contributed by atoms with Crippen LogP contribution in [0.2, 0.25) is 0 Å². The third-order valence-corrected chi connectivity index (χ3v) is 6.11. The average molecular weight is 511 g/mol. The van der Waals surface area contributed by atoms with Gasteiger partial charge in [0.1, 0.15) is 11.6 Å². The molecule has 3 N–H and O–H groups in total. The highest BCUT2D eigenvalue weighted by atomic mass is 16.5. The van der Waals surface area contributed by atoms with E-state index in [2.05, 4.69) is 40.4 Å². The van der Waals surface area contributed by atoms with Gasteiger partial charge < -0.3 is 25.4 Å². The molecule has 1 amide bonds. The van der Waals surface area contributed by atoms with Crippen LogP contribution in [0.5, 0.6) is 5.75 Å². The van der Waals surface area contributed by atoms with Crippen LogP contribution in [0.25, 0.3) is 0 Å². The summed E-state index contributed by atoms with van der Waals surface area (Å²) in [6, 6.07) is 7.72. The fraction of sp³-hybridized carbons (Fsp3) is 0.533. The van der Waals surface area contributed by atoms with Gasteiger partial charge in [-0.3, -0.25) is 4.79 Å². The number of aliphatic hydroxyl groups excluding tert-OH is 1. The van der Waals surface area contributed by atoms with E-state index in [-0.39, 0.29) is 12.3 Å². The summed E-state index contributed by atoms with van der Waals surface area (Å²) in [6.07, 6.45) is 12.5. The molecule has 7 nitrogen and oxygen atoms in total. The summed E-state index contributed by atoms with van der Waals surface area (Å²) in [5.74, 6) is 1.73. The van der Waals surface area contributed by atoms with Crippen molar-refractivity contribution in [2.24, 2.45) is 10.9 Å². The van der Waals surface area contributed by atoms with Crippen LogP contribution in [0, 0.1) is 5.92 Å². The Kier molecular flexibility index (Phi) is 14.4. The van der Waals surface area contributed by atoms with E-state index in [1.54, 1.807) is 6.92 Å². The maximum absolute atomic E-state index is 12.5. The van der Waals surface area contributed by atoms with Gasteiger partial charge >= 0.3 is 0 Å². The molecule has 2 aliphatic heterocycles. The number of hydrogen-bond donors (Lipinski definition) is 3. The number of dihydropyridines is 1. The van der Waals surface area contributed by atoms with Gasteiger partial charge in [-0.2, -0.15) is 0 Å². The van der Waals surface area contributed by atoms with E-state index >= 15 is 0 Å². The first-order valence-corrected chi connectivity index (χ1v) is 13.7. The second-order valence-corrected chi connectivity index (χ2v) is 9.52. The van der Waals surface area contributed by atoms with E-state index in [1.807, 2.05) is 49.5 Å². The van der Waals surface area contributed by atoms with Crippen molar-refractivity contribution in [3.63, 3.8) is 0 Å². The molecule has 0 atom stereocenters. The maximum Gasteiger partial charge on any atom is 0.229 e. The Morgan fingerprint density at radius 1 is 1.30 bits per heavy atom. The summed E-state index contributed by atoms with van der Waals surface area (Å²) in [7, 11) is 0. The molecule has 1 saturated heterocycles. The molecule has 0 radical (unpaired) electrons. The van der Waals surface area contributed by atoms with Crippen LogP contribution in [0.15, 0.2) is 65.0 Å². The van der Waals surface area contributed by atoms with E-state index in [9.17, 15) is 9.90 Å². The zero-order valence-corrected chi connectivity index (χ0v) is 23.1. The third kappa shape index (κ3) is 11.8. The summed E-state index contributed by atoms with van der Waals surface area (Å²) in [4.78, 5) is 19.6. The number of nitrogens with one attached hydrogen (secondary N) is 2. The molecule has 7 heteroatoms. The van der Waals surface area contributed by atoms with Crippen molar-refractivity contribution < 1.29 is 14.6 Å². The molecule has 0 aliphatic carbocycles. The molecule has 2 aliphatic rings. The number of nitrogens with zero attached hydrogens (tertiary/aromatic N) is 2. The van der Waals surface area contributed by atoms with Crippen molar-refractivity contribution in [2.75, 3.05) is 39.4 Å². The Balaban J connectivity index is 0.00000153. The van der Waals surface area contributed by atoms with E-state index < -0.39 is 0 Å². The lowest BCUT2D eigenvalue weighted by molar-refractivity contribution is -0.119. The molecule has 0 unspecified atom stereocenters. The summed E-state index contributed by atoms with van der Waals surface area (Å²) >= 11 is 0. The monoisotopic (exact) mass is 510 g/mol. The highest BCUT2D eigenvalue weighted by Gasteiger charge is 2.17. The van der Waals surface area contributed by atoms with Crippen molar-refractivity contribution in [3.8, 4) is 5.75 Å². The number of hydrogen-bond acceptors (Lipinski definition) is 6. The van der Waals surface area contributed by atoms with Crippen LogP contribution >= 0.6 is 0 Å². The summed E-state index contributed by atoms with van der Waals surface area (Å²) < 4.78 is 5.93. The van der Waals surface area contributed by atoms with Crippen molar-refractivity contribution in [2.45, 2.75) is 59.8 Å². The van der Waals surface area contributed by atoms with Crippen molar-refractivity contribution in [3.05, 3.63) is 65.5 Å². The van der Waals surface area contributed by atoms with Gasteiger partial charge in [0.2, 0.25) is 5.91 Å². The van der Waals surface area contributed by atoms with Gasteiger partial charge in [0.05, 0.1) is 18.7 Å². The first kappa shape index (κ1) is 30.3. The Morgan fingerprint density at radius 2 is 2.05 bits per heavy atom. The average Bonchev–Trinajstić information content (AvgIpc) is 2.91. The normalized spacial score (nSPS) is 16.8. The molecule has 0 bridgehead atoms. The highest BCUT2D eigenvalue weighted by Crippen LogP contribution is 2.18. The van der Waals surface area contributed by atoms with Crippen LogP contribution in [0.1, 0.15) is 58.9 Å². The first-order valence-electron chi connectivity index (χ1n) is 13.7. The number of benzene rings is 1. The molecule has 1 aromatic carbocycles. The molecule has 1 aromatic rings. The molecule has 0 aromatic heterocycles. The molecule has 3 rings (SSSR count). The second-order valence-electron chi connectivity index (χ2n) is 9.52. The predicted molar refractivity (Wildman–Crippen MR) is 153 cm³/mol. The summed E-state index contributed by atoms with van der Waals surface area (Å²) in [5, 5.41) is 15.3. The fourth-order valence-electron chi connectivity index (χ4n) is 4.20. The number of amides is 1. The van der Waals surface area contributed by atoms with Gasteiger partial charge in [0.15, 0.2) is 0 Å². The van der Waals surface area contributed by atoms with Crippen molar-refractivity contribution in [1.82, 2.24) is 15.5 Å². The summed E-state index contributed by atoms with van der Waals surface area (Å²) in [5.41, 5.74) is 2.78. The number of carbonyl (C=O) groups is 1. The minimum atomic E-state index is -0.102. The number of rotatable bonds is 10.